The van der Waals surface area contributed by atoms with Gasteiger partial charge in [0, 0.05) is 20.2 Å². The van der Waals surface area contributed by atoms with Gasteiger partial charge in [0.1, 0.15) is 5.75 Å². The Kier molecular flexibility index (Phi) is 2.45. The number of fused-ring (bicyclic) bond motifs is 3. The van der Waals surface area contributed by atoms with E-state index in [0.717, 1.165) is 25.7 Å². The van der Waals surface area contributed by atoms with Crippen LogP contribution in [0.4, 0.5) is 0 Å². The quantitative estimate of drug-likeness (QED) is 0.740. The molecule has 2 aromatic carbocycles. The molecule has 3 rings (SSSR count). The molecule has 1 heterocycles. The Labute approximate surface area is 107 Å². The summed E-state index contributed by atoms with van der Waals surface area (Å²) >= 11 is 1.61. The number of phenolic OH excluding ortho intramolecular Hbond substituents is 1. The monoisotopic (exact) mass is 258 g/mol. The number of aromatic hydroxyl groups is 1. The maximum Gasteiger partial charge on any atom is 0.307 e. The molecule has 0 fully saturated rings. The molecule has 18 heavy (non-hydrogen) atoms. The third kappa shape index (κ3) is 1.80. The van der Waals surface area contributed by atoms with Gasteiger partial charge in [-0.1, -0.05) is 12.1 Å². The summed E-state index contributed by atoms with van der Waals surface area (Å²) in [6.45, 7) is 0. The van der Waals surface area contributed by atoms with Gasteiger partial charge in [-0.2, -0.15) is 0 Å². The van der Waals surface area contributed by atoms with Crippen molar-refractivity contribution in [1.29, 1.82) is 0 Å². The molecule has 0 amide bonds. The van der Waals surface area contributed by atoms with Crippen molar-refractivity contribution >= 4 is 37.5 Å². The maximum atomic E-state index is 10.7. The topological polar surface area (TPSA) is 57.5 Å². The van der Waals surface area contributed by atoms with Crippen LogP contribution in [0.15, 0.2) is 36.4 Å². The molecule has 0 aliphatic heterocycles. The van der Waals surface area contributed by atoms with E-state index < -0.39 is 5.97 Å². The fourth-order valence-corrected chi connectivity index (χ4v) is 3.24. The SMILES string of the molecule is O=C(O)Cc1ccc2c(c1)sc1ccc(O)cc12. The minimum absolute atomic E-state index is 0.0371. The number of phenols is 1. The van der Waals surface area contributed by atoms with E-state index in [-0.39, 0.29) is 12.2 Å². The third-order valence-electron chi connectivity index (χ3n) is 2.87. The van der Waals surface area contributed by atoms with Gasteiger partial charge in [0.25, 0.3) is 0 Å². The van der Waals surface area contributed by atoms with E-state index >= 15 is 0 Å². The molecule has 1 aromatic heterocycles. The van der Waals surface area contributed by atoms with E-state index in [1.165, 1.54) is 0 Å². The van der Waals surface area contributed by atoms with Gasteiger partial charge in [-0.3, -0.25) is 4.79 Å². The molecule has 0 aliphatic rings. The van der Waals surface area contributed by atoms with Gasteiger partial charge < -0.3 is 10.2 Å². The Balaban J connectivity index is 2.23. The van der Waals surface area contributed by atoms with Crippen molar-refractivity contribution < 1.29 is 15.0 Å². The highest BCUT2D eigenvalue weighted by Crippen LogP contribution is 2.36. The first-order valence-electron chi connectivity index (χ1n) is 5.49. The molecule has 0 atom stereocenters. The van der Waals surface area contributed by atoms with Crippen LogP contribution < -0.4 is 0 Å². The summed E-state index contributed by atoms with van der Waals surface area (Å²) < 4.78 is 2.14. The van der Waals surface area contributed by atoms with Gasteiger partial charge in [-0.15, -0.1) is 11.3 Å². The molecule has 3 aromatic rings. The average Bonchev–Trinajstić information content (AvgIpc) is 2.65. The molecule has 0 aliphatic carbocycles. The van der Waals surface area contributed by atoms with E-state index in [9.17, 15) is 9.90 Å². The van der Waals surface area contributed by atoms with Gasteiger partial charge in [0.05, 0.1) is 6.42 Å². The molecule has 0 bridgehead atoms. The third-order valence-corrected chi connectivity index (χ3v) is 4.01. The second-order valence-corrected chi connectivity index (χ2v) is 5.27. The van der Waals surface area contributed by atoms with Crippen molar-refractivity contribution in [3.8, 4) is 5.75 Å². The summed E-state index contributed by atoms with van der Waals surface area (Å²) in [6.07, 6.45) is 0.0371. The van der Waals surface area contributed by atoms with Gasteiger partial charge >= 0.3 is 5.97 Å². The van der Waals surface area contributed by atoms with Crippen molar-refractivity contribution in [2.24, 2.45) is 0 Å². The number of rotatable bonds is 2. The van der Waals surface area contributed by atoms with Crippen molar-refractivity contribution in [3.05, 3.63) is 42.0 Å². The minimum Gasteiger partial charge on any atom is -0.508 e. The van der Waals surface area contributed by atoms with Crippen molar-refractivity contribution in [2.45, 2.75) is 6.42 Å². The fourth-order valence-electron chi connectivity index (χ4n) is 2.09. The van der Waals surface area contributed by atoms with Crippen LogP contribution in [-0.4, -0.2) is 16.2 Å². The summed E-state index contributed by atoms with van der Waals surface area (Å²) in [6, 6.07) is 10.9. The Morgan fingerprint density at radius 2 is 1.89 bits per heavy atom. The normalized spacial score (nSPS) is 11.1. The van der Waals surface area contributed by atoms with Gasteiger partial charge in [0.2, 0.25) is 0 Å². The predicted molar refractivity (Wildman–Crippen MR) is 72.3 cm³/mol. The summed E-state index contributed by atoms with van der Waals surface area (Å²) in [4.78, 5) is 10.7. The largest absolute Gasteiger partial charge is 0.508 e. The molecule has 0 unspecified atom stereocenters. The number of hydrogen-bond acceptors (Lipinski definition) is 3. The molecule has 0 saturated heterocycles. The number of hydrogen-bond donors (Lipinski definition) is 2. The van der Waals surface area contributed by atoms with Crippen LogP contribution >= 0.6 is 11.3 Å². The number of thiophene rings is 1. The van der Waals surface area contributed by atoms with Gasteiger partial charge in [0.15, 0.2) is 0 Å². The zero-order valence-corrected chi connectivity index (χ0v) is 10.2. The molecule has 90 valence electrons. The molecular formula is C14H10O3S. The number of aliphatic carboxylic acids is 1. The predicted octanol–water partition coefficient (Wildman–Crippen LogP) is 3.39. The van der Waals surface area contributed by atoms with Crippen LogP contribution in [0.1, 0.15) is 5.56 Å². The first-order valence-corrected chi connectivity index (χ1v) is 6.31. The number of carboxylic acids is 1. The summed E-state index contributed by atoms with van der Waals surface area (Å²) in [5.41, 5.74) is 0.797. The van der Waals surface area contributed by atoms with Crippen LogP contribution in [0.3, 0.4) is 0 Å². The summed E-state index contributed by atoms with van der Waals surface area (Å²) in [7, 11) is 0. The highest BCUT2D eigenvalue weighted by molar-refractivity contribution is 7.25. The lowest BCUT2D eigenvalue weighted by molar-refractivity contribution is -0.136. The molecule has 4 heteroatoms. The maximum absolute atomic E-state index is 10.7. The van der Waals surface area contributed by atoms with Crippen molar-refractivity contribution in [2.75, 3.05) is 0 Å². The highest BCUT2D eigenvalue weighted by Gasteiger charge is 2.08. The van der Waals surface area contributed by atoms with Crippen LogP contribution in [-0.2, 0) is 11.2 Å². The van der Waals surface area contributed by atoms with E-state index in [2.05, 4.69) is 0 Å². The first-order chi connectivity index (χ1) is 8.63. The van der Waals surface area contributed by atoms with Crippen molar-refractivity contribution in [3.63, 3.8) is 0 Å². The van der Waals surface area contributed by atoms with E-state index in [1.54, 1.807) is 23.5 Å². The standard InChI is InChI=1S/C14H10O3S/c15-9-2-4-12-11(7-9)10-3-1-8(6-14(16)17)5-13(10)18-12/h1-5,7,15H,6H2,(H,16,17). The minimum atomic E-state index is -0.826. The molecule has 0 radical (unpaired) electrons. The van der Waals surface area contributed by atoms with E-state index in [1.807, 2.05) is 24.3 Å². The zero-order valence-electron chi connectivity index (χ0n) is 9.38. The van der Waals surface area contributed by atoms with Gasteiger partial charge in [-0.25, -0.2) is 0 Å². The second-order valence-electron chi connectivity index (χ2n) is 4.18. The number of carboxylic acid groups (broad SMARTS) is 1. The Hall–Kier alpha value is -2.07. The molecular weight excluding hydrogens is 248 g/mol. The van der Waals surface area contributed by atoms with Crippen LogP contribution in [0.5, 0.6) is 5.75 Å². The van der Waals surface area contributed by atoms with Gasteiger partial charge in [-0.05, 0) is 29.8 Å². The first kappa shape index (κ1) is 11.0. The Bertz CT molecular complexity index is 758. The number of benzene rings is 2. The van der Waals surface area contributed by atoms with Crippen LogP contribution in [0.2, 0.25) is 0 Å². The summed E-state index contributed by atoms with van der Waals surface area (Å²) in [5.74, 6) is -0.579. The molecule has 3 nitrogen and oxygen atoms in total. The Morgan fingerprint density at radius 3 is 2.67 bits per heavy atom. The molecule has 2 N–H and O–H groups in total. The van der Waals surface area contributed by atoms with Crippen LogP contribution in [0, 0.1) is 0 Å². The van der Waals surface area contributed by atoms with Crippen LogP contribution in [0.25, 0.3) is 20.2 Å². The highest BCUT2D eigenvalue weighted by atomic mass is 32.1. The second kappa shape index (κ2) is 3.99. The van der Waals surface area contributed by atoms with Crippen molar-refractivity contribution in [1.82, 2.24) is 0 Å². The smallest absolute Gasteiger partial charge is 0.307 e. The van der Waals surface area contributed by atoms with E-state index in [0.29, 0.717) is 0 Å². The fraction of sp³-hybridized carbons (Fsp3) is 0.0714. The lowest BCUT2D eigenvalue weighted by atomic mass is 10.1. The number of carbonyl (C=O) groups is 1. The molecule has 0 spiro atoms. The summed E-state index contributed by atoms with van der Waals surface area (Å²) in [5, 5.41) is 20.4. The lowest BCUT2D eigenvalue weighted by Gasteiger charge is -1.97. The Morgan fingerprint density at radius 1 is 1.06 bits per heavy atom. The molecule has 0 saturated carbocycles. The zero-order chi connectivity index (χ0) is 12.7. The lowest BCUT2D eigenvalue weighted by Crippen LogP contribution is -1.99. The van der Waals surface area contributed by atoms with E-state index in [4.69, 9.17) is 5.11 Å². The average molecular weight is 258 g/mol.